The standard InChI is InChI=1S/C32H38N4O4S/c1-22-6-10-25(11-7-22)36-30(23(2)34-41(38,39)27-13-8-24(9-14-27)21-32(3,4)5)33-29-15-12-26(20-28(29)31(36)37)35-16-18-40-19-17-35/h6-15,20,23,34H,16-19,21H2,1-5H3. The van der Waals surface area contributed by atoms with Gasteiger partial charge in [0.15, 0.2) is 0 Å². The van der Waals surface area contributed by atoms with Crippen molar-refractivity contribution in [3.63, 3.8) is 0 Å². The van der Waals surface area contributed by atoms with Crippen molar-refractivity contribution in [1.82, 2.24) is 14.3 Å². The fraction of sp³-hybridized carbons (Fsp3) is 0.375. The third kappa shape index (κ3) is 6.53. The van der Waals surface area contributed by atoms with Crippen LogP contribution in [-0.4, -0.2) is 44.3 Å². The van der Waals surface area contributed by atoms with E-state index >= 15 is 0 Å². The zero-order valence-electron chi connectivity index (χ0n) is 24.3. The lowest BCUT2D eigenvalue weighted by Gasteiger charge is -2.29. The summed E-state index contributed by atoms with van der Waals surface area (Å²) in [5.41, 5.74) is 4.05. The van der Waals surface area contributed by atoms with Crippen molar-refractivity contribution < 1.29 is 13.2 Å². The lowest BCUT2D eigenvalue weighted by molar-refractivity contribution is 0.122. The summed E-state index contributed by atoms with van der Waals surface area (Å²) in [6, 6.07) is 19.4. The molecular weight excluding hydrogens is 536 g/mol. The van der Waals surface area contributed by atoms with Crippen molar-refractivity contribution in [3.8, 4) is 5.69 Å². The number of hydrogen-bond donors (Lipinski definition) is 1. The Kier molecular flexibility index (Phi) is 8.05. The normalized spacial score (nSPS) is 15.3. The average Bonchev–Trinajstić information content (AvgIpc) is 2.93. The lowest BCUT2D eigenvalue weighted by atomic mass is 9.88. The molecule has 5 rings (SSSR count). The van der Waals surface area contributed by atoms with E-state index in [2.05, 4.69) is 30.4 Å². The third-order valence-electron chi connectivity index (χ3n) is 7.23. The summed E-state index contributed by atoms with van der Waals surface area (Å²) in [5, 5.41) is 0.475. The van der Waals surface area contributed by atoms with Crippen LogP contribution in [0.15, 0.2) is 76.4 Å². The predicted octanol–water partition coefficient (Wildman–Crippen LogP) is 5.16. The number of fused-ring (bicyclic) bond motifs is 1. The Labute approximate surface area is 242 Å². The molecule has 1 N–H and O–H groups in total. The van der Waals surface area contributed by atoms with Gasteiger partial charge in [0.1, 0.15) is 5.82 Å². The molecule has 0 aliphatic carbocycles. The van der Waals surface area contributed by atoms with Gasteiger partial charge in [-0.3, -0.25) is 9.36 Å². The van der Waals surface area contributed by atoms with Gasteiger partial charge in [-0.2, -0.15) is 0 Å². The molecule has 1 aliphatic heterocycles. The van der Waals surface area contributed by atoms with Gasteiger partial charge in [0.25, 0.3) is 5.56 Å². The van der Waals surface area contributed by atoms with Crippen LogP contribution in [0.2, 0.25) is 0 Å². The zero-order chi connectivity index (χ0) is 29.4. The molecule has 1 atom stereocenters. The molecule has 0 radical (unpaired) electrons. The van der Waals surface area contributed by atoms with Gasteiger partial charge in [-0.05, 0) is 73.7 Å². The molecule has 41 heavy (non-hydrogen) atoms. The number of ether oxygens (including phenoxy) is 1. The highest BCUT2D eigenvalue weighted by atomic mass is 32.2. The maximum Gasteiger partial charge on any atom is 0.266 e. The maximum atomic E-state index is 14.1. The van der Waals surface area contributed by atoms with Crippen molar-refractivity contribution in [1.29, 1.82) is 0 Å². The minimum absolute atomic E-state index is 0.0947. The molecule has 2 heterocycles. The molecule has 1 fully saturated rings. The van der Waals surface area contributed by atoms with E-state index in [0.29, 0.717) is 35.6 Å². The van der Waals surface area contributed by atoms with Crippen molar-refractivity contribution in [2.24, 2.45) is 5.41 Å². The summed E-state index contributed by atoms with van der Waals surface area (Å²) >= 11 is 0. The van der Waals surface area contributed by atoms with E-state index in [4.69, 9.17) is 9.72 Å². The van der Waals surface area contributed by atoms with Crippen LogP contribution in [0.25, 0.3) is 16.6 Å². The molecule has 0 saturated carbocycles. The highest BCUT2D eigenvalue weighted by Gasteiger charge is 2.25. The van der Waals surface area contributed by atoms with E-state index in [1.54, 1.807) is 19.1 Å². The van der Waals surface area contributed by atoms with Crippen LogP contribution in [0.1, 0.15) is 50.7 Å². The first kappa shape index (κ1) is 29.0. The van der Waals surface area contributed by atoms with Gasteiger partial charge in [-0.15, -0.1) is 0 Å². The molecule has 4 aromatic rings. The van der Waals surface area contributed by atoms with Crippen LogP contribution in [0.5, 0.6) is 0 Å². The number of nitrogens with zero attached hydrogens (tertiary/aromatic N) is 3. The minimum atomic E-state index is -3.89. The van der Waals surface area contributed by atoms with Gasteiger partial charge in [-0.1, -0.05) is 50.6 Å². The van der Waals surface area contributed by atoms with Crippen molar-refractivity contribution in [2.45, 2.75) is 52.0 Å². The first-order valence-electron chi connectivity index (χ1n) is 14.0. The van der Waals surface area contributed by atoms with Crippen LogP contribution >= 0.6 is 0 Å². The number of aromatic nitrogens is 2. The smallest absolute Gasteiger partial charge is 0.266 e. The van der Waals surface area contributed by atoms with Gasteiger partial charge in [-0.25, -0.2) is 18.1 Å². The van der Waals surface area contributed by atoms with Gasteiger partial charge in [0.2, 0.25) is 10.0 Å². The Hall–Kier alpha value is -3.53. The number of rotatable bonds is 7. The molecule has 1 saturated heterocycles. The van der Waals surface area contributed by atoms with Gasteiger partial charge in [0, 0.05) is 18.8 Å². The fourth-order valence-corrected chi connectivity index (χ4v) is 6.40. The number of aryl methyl sites for hydroxylation is 1. The van der Waals surface area contributed by atoms with E-state index in [1.165, 1.54) is 4.57 Å². The highest BCUT2D eigenvalue weighted by molar-refractivity contribution is 7.89. The second-order valence-electron chi connectivity index (χ2n) is 12.0. The number of anilines is 1. The third-order valence-corrected chi connectivity index (χ3v) is 8.79. The summed E-state index contributed by atoms with van der Waals surface area (Å²) in [4.78, 5) is 21.3. The number of benzene rings is 3. The number of hydrogen-bond acceptors (Lipinski definition) is 6. The minimum Gasteiger partial charge on any atom is -0.378 e. The zero-order valence-corrected chi connectivity index (χ0v) is 25.2. The molecule has 1 unspecified atom stereocenters. The highest BCUT2D eigenvalue weighted by Crippen LogP contribution is 2.25. The van der Waals surface area contributed by atoms with E-state index in [9.17, 15) is 13.2 Å². The fourth-order valence-electron chi connectivity index (χ4n) is 5.20. The van der Waals surface area contributed by atoms with E-state index in [-0.39, 0.29) is 15.9 Å². The van der Waals surface area contributed by atoms with Gasteiger partial charge < -0.3 is 9.64 Å². The molecule has 8 nitrogen and oxygen atoms in total. The first-order valence-corrected chi connectivity index (χ1v) is 15.5. The molecule has 1 aromatic heterocycles. The Bertz CT molecular complexity index is 1700. The van der Waals surface area contributed by atoms with Crippen molar-refractivity contribution in [2.75, 3.05) is 31.2 Å². The van der Waals surface area contributed by atoms with Crippen LogP contribution in [0, 0.1) is 12.3 Å². The van der Waals surface area contributed by atoms with E-state index in [0.717, 1.165) is 36.3 Å². The summed E-state index contributed by atoms with van der Waals surface area (Å²) in [6.07, 6.45) is 0.842. The Morgan fingerprint density at radius 2 is 1.59 bits per heavy atom. The monoisotopic (exact) mass is 574 g/mol. The second-order valence-corrected chi connectivity index (χ2v) is 13.7. The van der Waals surface area contributed by atoms with Gasteiger partial charge in [0.05, 0.1) is 40.7 Å². The Morgan fingerprint density at radius 3 is 2.22 bits per heavy atom. The molecule has 1 aliphatic rings. The SMILES string of the molecule is Cc1ccc(-n2c(C(C)NS(=O)(=O)c3ccc(CC(C)(C)C)cc3)nc3ccc(N4CCOCC4)cc3c2=O)cc1. The maximum absolute atomic E-state index is 14.1. The molecule has 0 amide bonds. The summed E-state index contributed by atoms with van der Waals surface area (Å²) < 4.78 is 36.6. The quantitative estimate of drug-likeness (QED) is 0.328. The molecule has 9 heteroatoms. The summed E-state index contributed by atoms with van der Waals surface area (Å²) in [6.45, 7) is 12.9. The predicted molar refractivity (Wildman–Crippen MR) is 163 cm³/mol. The van der Waals surface area contributed by atoms with Gasteiger partial charge >= 0.3 is 0 Å². The molecule has 0 bridgehead atoms. The largest absolute Gasteiger partial charge is 0.378 e. The van der Waals surface area contributed by atoms with Crippen LogP contribution in [0.4, 0.5) is 5.69 Å². The Balaban J connectivity index is 1.54. The first-order chi connectivity index (χ1) is 19.4. The van der Waals surface area contributed by atoms with Crippen LogP contribution in [0.3, 0.4) is 0 Å². The van der Waals surface area contributed by atoms with E-state index < -0.39 is 16.1 Å². The van der Waals surface area contributed by atoms with Crippen molar-refractivity contribution in [3.05, 3.63) is 94.0 Å². The van der Waals surface area contributed by atoms with Crippen LogP contribution in [-0.2, 0) is 21.2 Å². The van der Waals surface area contributed by atoms with E-state index in [1.807, 2.05) is 61.5 Å². The molecule has 3 aromatic carbocycles. The van der Waals surface area contributed by atoms with Crippen molar-refractivity contribution >= 4 is 26.6 Å². The molecular formula is C32H38N4O4S. The molecule has 0 spiro atoms. The second kappa shape index (κ2) is 11.4. The number of sulfonamides is 1. The number of morpholine rings is 1. The summed E-state index contributed by atoms with van der Waals surface area (Å²) in [7, 11) is -3.89. The Morgan fingerprint density at radius 1 is 0.951 bits per heavy atom. The van der Waals surface area contributed by atoms with Crippen LogP contribution < -0.4 is 15.2 Å². The number of nitrogens with one attached hydrogen (secondary N) is 1. The topological polar surface area (TPSA) is 93.5 Å². The summed E-state index contributed by atoms with van der Waals surface area (Å²) in [5.74, 6) is 0.318. The lowest BCUT2D eigenvalue weighted by Crippen LogP contribution is -2.36. The average molecular weight is 575 g/mol. The molecule has 216 valence electrons.